The summed E-state index contributed by atoms with van der Waals surface area (Å²) in [5.41, 5.74) is 3.96. The number of benzene rings is 1. The van der Waals surface area contributed by atoms with Gasteiger partial charge in [0.25, 0.3) is 0 Å². The second-order valence-electron chi connectivity index (χ2n) is 3.86. The number of nitrogens with one attached hydrogen (secondary N) is 1. The average Bonchev–Trinajstić information content (AvgIpc) is 2.24. The fourth-order valence-corrected chi connectivity index (χ4v) is 1.70. The molecule has 1 N–H and O–H groups in total. The second-order valence-corrected chi connectivity index (χ2v) is 3.86. The molecule has 1 atom stereocenters. The van der Waals surface area contributed by atoms with Gasteiger partial charge in [0.15, 0.2) is 0 Å². The van der Waals surface area contributed by atoms with E-state index in [4.69, 9.17) is 4.74 Å². The van der Waals surface area contributed by atoms with Crippen LogP contribution < -0.4 is 5.32 Å². The van der Waals surface area contributed by atoms with Gasteiger partial charge >= 0.3 is 0 Å². The third-order valence-electron chi connectivity index (χ3n) is 2.65. The van der Waals surface area contributed by atoms with Crippen molar-refractivity contribution in [2.75, 3.05) is 20.3 Å². The normalized spacial score (nSPS) is 12.8. The van der Waals surface area contributed by atoms with Gasteiger partial charge in [0.1, 0.15) is 0 Å². The number of aryl methyl sites for hydroxylation is 2. The quantitative estimate of drug-likeness (QED) is 0.801. The Morgan fingerprint density at radius 2 is 2.07 bits per heavy atom. The molecule has 0 fully saturated rings. The monoisotopic (exact) mass is 207 g/mol. The van der Waals surface area contributed by atoms with Gasteiger partial charge in [-0.15, -0.1) is 0 Å². The van der Waals surface area contributed by atoms with Crippen molar-refractivity contribution in [2.45, 2.75) is 26.8 Å². The van der Waals surface area contributed by atoms with Crippen LogP contribution in [0.4, 0.5) is 0 Å². The predicted molar refractivity (Wildman–Crippen MR) is 64.2 cm³/mol. The van der Waals surface area contributed by atoms with Crippen molar-refractivity contribution in [3.63, 3.8) is 0 Å². The summed E-state index contributed by atoms with van der Waals surface area (Å²) in [6.45, 7) is 7.79. The van der Waals surface area contributed by atoms with Gasteiger partial charge in [-0.1, -0.05) is 23.8 Å². The zero-order valence-electron chi connectivity index (χ0n) is 10.1. The molecule has 84 valence electrons. The largest absolute Gasteiger partial charge is 0.380 e. The molecular formula is C13H21NO. The summed E-state index contributed by atoms with van der Waals surface area (Å²) in [6.07, 6.45) is 0. The Balaban J connectivity index is 2.85. The van der Waals surface area contributed by atoms with Gasteiger partial charge in [0, 0.05) is 6.61 Å². The van der Waals surface area contributed by atoms with E-state index in [1.54, 1.807) is 0 Å². The summed E-state index contributed by atoms with van der Waals surface area (Å²) >= 11 is 0. The van der Waals surface area contributed by atoms with Crippen LogP contribution in [-0.4, -0.2) is 20.3 Å². The minimum atomic E-state index is 0.296. The van der Waals surface area contributed by atoms with Crippen LogP contribution in [0.1, 0.15) is 29.7 Å². The highest BCUT2D eigenvalue weighted by atomic mass is 16.5. The highest BCUT2D eigenvalue weighted by Gasteiger charge is 2.11. The van der Waals surface area contributed by atoms with Crippen LogP contribution >= 0.6 is 0 Å². The van der Waals surface area contributed by atoms with Gasteiger partial charge in [-0.3, -0.25) is 0 Å². The summed E-state index contributed by atoms with van der Waals surface area (Å²) in [5.74, 6) is 0. The third-order valence-corrected chi connectivity index (χ3v) is 2.65. The molecule has 0 heterocycles. The molecule has 2 heteroatoms. The maximum atomic E-state index is 5.47. The summed E-state index contributed by atoms with van der Waals surface area (Å²) < 4.78 is 5.47. The minimum Gasteiger partial charge on any atom is -0.380 e. The summed E-state index contributed by atoms with van der Waals surface area (Å²) in [6, 6.07) is 6.84. The smallest absolute Gasteiger partial charge is 0.0661 e. The molecule has 0 aliphatic rings. The van der Waals surface area contributed by atoms with Crippen LogP contribution in [0.3, 0.4) is 0 Å². The van der Waals surface area contributed by atoms with Crippen LogP contribution in [0.15, 0.2) is 18.2 Å². The molecule has 0 aliphatic carbocycles. The Kier molecular flexibility index (Phi) is 4.79. The zero-order valence-corrected chi connectivity index (χ0v) is 10.1. The van der Waals surface area contributed by atoms with Gasteiger partial charge in [-0.05, 0) is 38.9 Å². The molecule has 15 heavy (non-hydrogen) atoms. The lowest BCUT2D eigenvalue weighted by atomic mass is 9.99. The first-order valence-corrected chi connectivity index (χ1v) is 5.51. The molecule has 0 amide bonds. The van der Waals surface area contributed by atoms with Crippen LogP contribution in [0.5, 0.6) is 0 Å². The van der Waals surface area contributed by atoms with Crippen molar-refractivity contribution in [3.05, 3.63) is 34.9 Å². The molecular weight excluding hydrogens is 186 g/mol. The van der Waals surface area contributed by atoms with Gasteiger partial charge < -0.3 is 10.1 Å². The van der Waals surface area contributed by atoms with Gasteiger partial charge in [-0.2, -0.15) is 0 Å². The maximum absolute atomic E-state index is 5.47. The second kappa shape index (κ2) is 5.89. The highest BCUT2D eigenvalue weighted by Crippen LogP contribution is 2.19. The third kappa shape index (κ3) is 3.33. The molecule has 0 saturated carbocycles. The van der Waals surface area contributed by atoms with Crippen LogP contribution in [-0.2, 0) is 4.74 Å². The van der Waals surface area contributed by atoms with Crippen molar-refractivity contribution in [3.8, 4) is 0 Å². The first-order chi connectivity index (χ1) is 7.19. The van der Waals surface area contributed by atoms with Crippen molar-refractivity contribution in [1.29, 1.82) is 0 Å². The summed E-state index contributed by atoms with van der Waals surface area (Å²) in [5, 5.41) is 3.30. The summed E-state index contributed by atoms with van der Waals surface area (Å²) in [4.78, 5) is 0. The fourth-order valence-electron chi connectivity index (χ4n) is 1.70. The van der Waals surface area contributed by atoms with E-state index in [1.165, 1.54) is 16.7 Å². The number of ether oxygens (including phenoxy) is 1. The number of hydrogen-bond acceptors (Lipinski definition) is 2. The molecule has 0 radical (unpaired) electrons. The molecule has 1 aromatic carbocycles. The molecule has 2 nitrogen and oxygen atoms in total. The van der Waals surface area contributed by atoms with E-state index in [-0.39, 0.29) is 0 Å². The van der Waals surface area contributed by atoms with E-state index in [2.05, 4.69) is 37.4 Å². The predicted octanol–water partition coefficient (Wildman–Crippen LogP) is 2.60. The topological polar surface area (TPSA) is 21.3 Å². The Morgan fingerprint density at radius 1 is 1.33 bits per heavy atom. The van der Waals surface area contributed by atoms with Gasteiger partial charge in [0.05, 0.1) is 12.6 Å². The van der Waals surface area contributed by atoms with Crippen molar-refractivity contribution in [1.82, 2.24) is 5.32 Å². The molecule has 1 aromatic rings. The molecule has 0 spiro atoms. The molecule has 0 saturated heterocycles. The number of likely N-dealkylation sites (N-methyl/N-ethyl adjacent to an activating group) is 1. The Bertz CT molecular complexity index is 309. The van der Waals surface area contributed by atoms with Crippen molar-refractivity contribution < 1.29 is 4.74 Å². The van der Waals surface area contributed by atoms with E-state index < -0.39 is 0 Å². The van der Waals surface area contributed by atoms with Crippen molar-refractivity contribution >= 4 is 0 Å². The number of rotatable bonds is 5. The van der Waals surface area contributed by atoms with Gasteiger partial charge in [0.2, 0.25) is 0 Å². The Labute approximate surface area is 92.6 Å². The standard InChI is InChI=1S/C13H21NO/c1-5-15-9-13(14-4)12-8-10(2)6-7-11(12)3/h6-8,13-14H,5,9H2,1-4H3. The van der Waals surface area contributed by atoms with E-state index in [1.807, 2.05) is 14.0 Å². The number of hydrogen-bond donors (Lipinski definition) is 1. The van der Waals surface area contributed by atoms with Crippen molar-refractivity contribution in [2.24, 2.45) is 0 Å². The zero-order chi connectivity index (χ0) is 11.3. The van der Waals surface area contributed by atoms with Crippen LogP contribution in [0, 0.1) is 13.8 Å². The van der Waals surface area contributed by atoms with E-state index in [9.17, 15) is 0 Å². The Morgan fingerprint density at radius 3 is 2.67 bits per heavy atom. The van der Waals surface area contributed by atoms with E-state index in [0.717, 1.165) is 13.2 Å². The molecule has 0 aromatic heterocycles. The lowest BCUT2D eigenvalue weighted by molar-refractivity contribution is 0.125. The molecule has 1 rings (SSSR count). The Hall–Kier alpha value is -0.860. The SMILES string of the molecule is CCOCC(NC)c1cc(C)ccc1C. The summed E-state index contributed by atoms with van der Waals surface area (Å²) in [7, 11) is 1.98. The van der Waals surface area contributed by atoms with E-state index in [0.29, 0.717) is 6.04 Å². The molecule has 0 aliphatic heterocycles. The first kappa shape index (κ1) is 12.2. The molecule has 1 unspecified atom stereocenters. The molecule has 0 bridgehead atoms. The van der Waals surface area contributed by atoms with Crippen LogP contribution in [0.25, 0.3) is 0 Å². The highest BCUT2D eigenvalue weighted by molar-refractivity contribution is 5.33. The lowest BCUT2D eigenvalue weighted by Gasteiger charge is -2.19. The minimum absolute atomic E-state index is 0.296. The lowest BCUT2D eigenvalue weighted by Crippen LogP contribution is -2.22. The first-order valence-electron chi connectivity index (χ1n) is 5.51. The average molecular weight is 207 g/mol. The maximum Gasteiger partial charge on any atom is 0.0661 e. The van der Waals surface area contributed by atoms with Crippen LogP contribution in [0.2, 0.25) is 0 Å². The van der Waals surface area contributed by atoms with Gasteiger partial charge in [-0.25, -0.2) is 0 Å². The van der Waals surface area contributed by atoms with E-state index >= 15 is 0 Å². The fraction of sp³-hybridized carbons (Fsp3) is 0.538.